The quantitative estimate of drug-likeness (QED) is 0.794. The molecule has 0 radical (unpaired) electrons. The molecule has 2 heteroatoms. The molecular weight excluding hydrogens is 222 g/mol. The maximum Gasteiger partial charge on any atom is 0.119 e. The average molecular weight is 245 g/mol. The van der Waals surface area contributed by atoms with Gasteiger partial charge in [-0.05, 0) is 43.5 Å². The minimum atomic E-state index is 0.390. The Morgan fingerprint density at radius 2 is 2.22 bits per heavy atom. The van der Waals surface area contributed by atoms with Crippen molar-refractivity contribution in [1.29, 1.82) is 0 Å². The van der Waals surface area contributed by atoms with Gasteiger partial charge in [0.2, 0.25) is 0 Å². The zero-order valence-corrected chi connectivity index (χ0v) is 11.5. The van der Waals surface area contributed by atoms with Gasteiger partial charge in [0, 0.05) is 18.5 Å². The summed E-state index contributed by atoms with van der Waals surface area (Å²) in [7, 11) is 4.02. The van der Waals surface area contributed by atoms with Gasteiger partial charge in [-0.25, -0.2) is 0 Å². The fourth-order valence-corrected chi connectivity index (χ4v) is 4.11. The Morgan fingerprint density at radius 1 is 1.33 bits per heavy atom. The van der Waals surface area contributed by atoms with E-state index in [0.717, 1.165) is 11.7 Å². The van der Waals surface area contributed by atoms with Crippen LogP contribution in [0, 0.1) is 5.92 Å². The lowest BCUT2D eigenvalue weighted by atomic mass is 9.64. The van der Waals surface area contributed by atoms with E-state index in [4.69, 9.17) is 4.74 Å². The van der Waals surface area contributed by atoms with Crippen molar-refractivity contribution in [3.8, 4) is 5.75 Å². The van der Waals surface area contributed by atoms with Crippen LogP contribution < -0.4 is 4.74 Å². The molecule has 2 nitrogen and oxygen atoms in total. The van der Waals surface area contributed by atoms with E-state index in [1.165, 1.54) is 44.3 Å². The molecule has 18 heavy (non-hydrogen) atoms. The summed E-state index contributed by atoms with van der Waals surface area (Å²) < 4.78 is 5.40. The van der Waals surface area contributed by atoms with Crippen LogP contribution in [0.2, 0.25) is 0 Å². The first-order chi connectivity index (χ1) is 8.74. The third-order valence-electron chi connectivity index (χ3n) is 4.94. The molecule has 1 aliphatic heterocycles. The van der Waals surface area contributed by atoms with Gasteiger partial charge in [-0.2, -0.15) is 0 Å². The summed E-state index contributed by atoms with van der Waals surface area (Å²) in [6, 6.07) is 8.76. The van der Waals surface area contributed by atoms with Crippen LogP contribution in [-0.2, 0) is 5.41 Å². The Hall–Kier alpha value is -1.02. The zero-order chi connectivity index (χ0) is 12.6. The monoisotopic (exact) mass is 245 g/mol. The van der Waals surface area contributed by atoms with Crippen molar-refractivity contribution in [2.45, 2.75) is 31.1 Å². The lowest BCUT2D eigenvalue weighted by molar-refractivity contribution is 0.241. The van der Waals surface area contributed by atoms with Gasteiger partial charge in [0.1, 0.15) is 5.75 Å². The second-order valence-corrected chi connectivity index (χ2v) is 6.03. The normalized spacial score (nSPS) is 32.2. The highest BCUT2D eigenvalue weighted by Crippen LogP contribution is 2.48. The van der Waals surface area contributed by atoms with Crippen LogP contribution in [0.4, 0.5) is 0 Å². The van der Waals surface area contributed by atoms with Crippen LogP contribution in [0.3, 0.4) is 0 Å². The number of nitrogens with zero attached hydrogens (tertiary/aromatic N) is 1. The first kappa shape index (κ1) is 12.0. The molecule has 2 fully saturated rings. The van der Waals surface area contributed by atoms with Gasteiger partial charge in [0.15, 0.2) is 0 Å². The van der Waals surface area contributed by atoms with Gasteiger partial charge in [-0.15, -0.1) is 0 Å². The number of likely N-dealkylation sites (tertiary alicyclic amines) is 1. The van der Waals surface area contributed by atoms with E-state index >= 15 is 0 Å². The molecule has 0 bridgehead atoms. The average Bonchev–Trinajstić information content (AvgIpc) is 2.76. The van der Waals surface area contributed by atoms with Crippen LogP contribution >= 0.6 is 0 Å². The number of fused-ring (bicyclic) bond motifs is 1. The molecular formula is C16H23NO. The van der Waals surface area contributed by atoms with Crippen LogP contribution in [0.5, 0.6) is 5.75 Å². The van der Waals surface area contributed by atoms with E-state index in [0.29, 0.717) is 5.41 Å². The summed E-state index contributed by atoms with van der Waals surface area (Å²) in [5, 5.41) is 0. The molecule has 1 aromatic carbocycles. The van der Waals surface area contributed by atoms with Gasteiger partial charge in [-0.3, -0.25) is 0 Å². The molecule has 1 heterocycles. The standard InChI is InChI=1S/C16H23NO/c1-17-11-14-6-3-4-9-16(14,12-17)13-7-5-8-15(10-13)18-2/h5,7-8,10,14H,3-4,6,9,11-12H2,1-2H3/t14-,16+/m1/s1. The van der Waals surface area contributed by atoms with Crippen LogP contribution in [0.15, 0.2) is 24.3 Å². The molecule has 98 valence electrons. The number of hydrogen-bond acceptors (Lipinski definition) is 2. The fraction of sp³-hybridized carbons (Fsp3) is 0.625. The summed E-state index contributed by atoms with van der Waals surface area (Å²) in [6.07, 6.45) is 5.52. The Labute approximate surface area is 110 Å². The molecule has 0 N–H and O–H groups in total. The summed E-state index contributed by atoms with van der Waals surface area (Å²) in [5.74, 6) is 1.84. The van der Waals surface area contributed by atoms with E-state index in [9.17, 15) is 0 Å². The smallest absolute Gasteiger partial charge is 0.119 e. The Kier molecular flexibility index (Phi) is 3.06. The van der Waals surface area contributed by atoms with Crippen molar-refractivity contribution < 1.29 is 4.74 Å². The molecule has 1 aliphatic carbocycles. The van der Waals surface area contributed by atoms with E-state index in [2.05, 4.69) is 36.2 Å². The maximum atomic E-state index is 5.40. The summed E-state index contributed by atoms with van der Waals surface area (Å²) in [4.78, 5) is 2.51. The summed E-state index contributed by atoms with van der Waals surface area (Å²) >= 11 is 0. The molecule has 0 amide bonds. The molecule has 2 aliphatic rings. The number of likely N-dealkylation sites (N-methyl/N-ethyl adjacent to an activating group) is 1. The number of benzene rings is 1. The summed E-state index contributed by atoms with van der Waals surface area (Å²) in [5.41, 5.74) is 1.89. The number of rotatable bonds is 2. The molecule has 2 atom stereocenters. The highest BCUT2D eigenvalue weighted by Gasteiger charge is 2.47. The van der Waals surface area contributed by atoms with Crippen LogP contribution in [0.25, 0.3) is 0 Å². The fourth-order valence-electron chi connectivity index (χ4n) is 4.11. The first-order valence-corrected chi connectivity index (χ1v) is 7.08. The first-order valence-electron chi connectivity index (χ1n) is 7.08. The largest absolute Gasteiger partial charge is 0.497 e. The minimum absolute atomic E-state index is 0.390. The van der Waals surface area contributed by atoms with Gasteiger partial charge in [0.05, 0.1) is 7.11 Å². The zero-order valence-electron chi connectivity index (χ0n) is 11.5. The van der Waals surface area contributed by atoms with E-state index in [1.807, 2.05) is 0 Å². The molecule has 1 aromatic rings. The SMILES string of the molecule is COc1cccc([C@@]23CCCC[C@@H]2CN(C)C3)c1. The van der Waals surface area contributed by atoms with Gasteiger partial charge >= 0.3 is 0 Å². The van der Waals surface area contributed by atoms with Crippen LogP contribution in [-0.4, -0.2) is 32.1 Å². The molecule has 0 unspecified atom stereocenters. The van der Waals surface area contributed by atoms with Crippen molar-refractivity contribution in [1.82, 2.24) is 4.90 Å². The maximum absolute atomic E-state index is 5.40. The third-order valence-corrected chi connectivity index (χ3v) is 4.94. The van der Waals surface area contributed by atoms with Crippen LogP contribution in [0.1, 0.15) is 31.2 Å². The molecule has 0 spiro atoms. The Balaban J connectivity index is 2.00. The Bertz CT molecular complexity index is 431. The van der Waals surface area contributed by atoms with Crippen molar-refractivity contribution in [2.24, 2.45) is 5.92 Å². The van der Waals surface area contributed by atoms with Crippen molar-refractivity contribution in [3.63, 3.8) is 0 Å². The molecule has 1 saturated heterocycles. The van der Waals surface area contributed by atoms with E-state index in [1.54, 1.807) is 7.11 Å². The number of ether oxygens (including phenoxy) is 1. The second-order valence-electron chi connectivity index (χ2n) is 6.03. The van der Waals surface area contributed by atoms with E-state index < -0.39 is 0 Å². The highest BCUT2D eigenvalue weighted by molar-refractivity contribution is 5.36. The lowest BCUT2D eigenvalue weighted by Gasteiger charge is -2.39. The van der Waals surface area contributed by atoms with Gasteiger partial charge < -0.3 is 9.64 Å². The van der Waals surface area contributed by atoms with Gasteiger partial charge in [-0.1, -0.05) is 25.0 Å². The number of hydrogen-bond donors (Lipinski definition) is 0. The highest BCUT2D eigenvalue weighted by atomic mass is 16.5. The second kappa shape index (κ2) is 4.58. The third kappa shape index (κ3) is 1.83. The number of methoxy groups -OCH3 is 1. The summed E-state index contributed by atoms with van der Waals surface area (Å²) in [6.45, 7) is 2.47. The van der Waals surface area contributed by atoms with E-state index in [-0.39, 0.29) is 0 Å². The predicted molar refractivity (Wildman–Crippen MR) is 74.1 cm³/mol. The molecule has 1 saturated carbocycles. The Morgan fingerprint density at radius 3 is 3.06 bits per heavy atom. The lowest BCUT2D eigenvalue weighted by Crippen LogP contribution is -2.37. The topological polar surface area (TPSA) is 12.5 Å². The van der Waals surface area contributed by atoms with Crippen molar-refractivity contribution >= 4 is 0 Å². The predicted octanol–water partition coefficient (Wildman–Crippen LogP) is 3.07. The van der Waals surface area contributed by atoms with Crippen molar-refractivity contribution in [2.75, 3.05) is 27.2 Å². The van der Waals surface area contributed by atoms with Gasteiger partial charge in [0.25, 0.3) is 0 Å². The molecule has 3 rings (SSSR count). The molecule has 0 aromatic heterocycles. The van der Waals surface area contributed by atoms with Crippen molar-refractivity contribution in [3.05, 3.63) is 29.8 Å². The minimum Gasteiger partial charge on any atom is -0.497 e.